The number of aryl methyl sites for hydroxylation is 2. The molecule has 15 heavy (non-hydrogen) atoms. The number of fused-ring (bicyclic) bond motifs is 1. The number of rotatable bonds is 1. The molecule has 4 nitrogen and oxygen atoms in total. The van der Waals surface area contributed by atoms with Crippen molar-refractivity contribution in [3.63, 3.8) is 0 Å². The normalized spacial score (nSPS) is 10.9. The van der Waals surface area contributed by atoms with Gasteiger partial charge in [-0.1, -0.05) is 0 Å². The molecule has 1 aromatic carbocycles. The lowest BCUT2D eigenvalue weighted by Gasteiger charge is -1.99. The Kier molecular flexibility index (Phi) is 1.96. The van der Waals surface area contributed by atoms with Gasteiger partial charge in [0.05, 0.1) is 16.8 Å². The largest absolute Gasteiger partial charge is 0.478 e. The molecular formula is C10H9FN2O2. The number of benzene rings is 1. The first-order valence-electron chi connectivity index (χ1n) is 4.37. The van der Waals surface area contributed by atoms with Crippen LogP contribution in [0.3, 0.4) is 0 Å². The highest BCUT2D eigenvalue weighted by atomic mass is 19.1. The number of hydrogen-bond donors (Lipinski definition) is 1. The Bertz CT molecular complexity index is 560. The number of aromatic nitrogens is 2. The van der Waals surface area contributed by atoms with E-state index in [1.807, 2.05) is 0 Å². The second kappa shape index (κ2) is 3.05. The Morgan fingerprint density at radius 2 is 2.20 bits per heavy atom. The van der Waals surface area contributed by atoms with E-state index in [1.165, 1.54) is 16.8 Å². The van der Waals surface area contributed by atoms with Crippen LogP contribution >= 0.6 is 0 Å². The standard InChI is InChI=1S/C10H9FN2O2/c1-5-6-3-8(11)7(10(14)15)4-9(6)13(2)12-5/h3-4H,1-2H3,(H,14,15). The van der Waals surface area contributed by atoms with Crippen molar-refractivity contribution in [3.8, 4) is 0 Å². The van der Waals surface area contributed by atoms with Gasteiger partial charge in [0.25, 0.3) is 0 Å². The summed E-state index contributed by atoms with van der Waals surface area (Å²) in [5.74, 6) is -2.00. The second-order valence-electron chi connectivity index (χ2n) is 3.36. The van der Waals surface area contributed by atoms with Crippen LogP contribution in [0.1, 0.15) is 16.1 Å². The highest BCUT2D eigenvalue weighted by Crippen LogP contribution is 2.21. The van der Waals surface area contributed by atoms with Crippen LogP contribution in [0.2, 0.25) is 0 Å². The second-order valence-corrected chi connectivity index (χ2v) is 3.36. The lowest BCUT2D eigenvalue weighted by Crippen LogP contribution is -2.01. The minimum absolute atomic E-state index is 0.328. The van der Waals surface area contributed by atoms with Crippen molar-refractivity contribution < 1.29 is 14.3 Å². The summed E-state index contributed by atoms with van der Waals surface area (Å²) in [6.07, 6.45) is 0. The number of aromatic carboxylic acids is 1. The lowest BCUT2D eigenvalue weighted by molar-refractivity contribution is 0.0692. The van der Waals surface area contributed by atoms with Gasteiger partial charge in [0, 0.05) is 12.4 Å². The molecule has 1 heterocycles. The summed E-state index contributed by atoms with van der Waals surface area (Å²) in [6, 6.07) is 2.51. The summed E-state index contributed by atoms with van der Waals surface area (Å²) in [5.41, 5.74) is 0.972. The highest BCUT2D eigenvalue weighted by molar-refractivity contribution is 5.94. The molecule has 2 rings (SSSR count). The van der Waals surface area contributed by atoms with Gasteiger partial charge >= 0.3 is 5.97 Å². The molecule has 1 N–H and O–H groups in total. The molecule has 0 aliphatic carbocycles. The van der Waals surface area contributed by atoms with Crippen molar-refractivity contribution in [1.82, 2.24) is 9.78 Å². The van der Waals surface area contributed by atoms with E-state index in [1.54, 1.807) is 14.0 Å². The number of hydrogen-bond acceptors (Lipinski definition) is 2. The quantitative estimate of drug-likeness (QED) is 0.776. The summed E-state index contributed by atoms with van der Waals surface area (Å²) in [7, 11) is 1.69. The summed E-state index contributed by atoms with van der Waals surface area (Å²) in [5, 5.41) is 13.5. The van der Waals surface area contributed by atoms with Crippen LogP contribution in [0, 0.1) is 12.7 Å². The Balaban J connectivity index is 2.85. The maximum atomic E-state index is 13.3. The van der Waals surface area contributed by atoms with E-state index >= 15 is 0 Å². The Labute approximate surface area is 84.9 Å². The maximum absolute atomic E-state index is 13.3. The summed E-state index contributed by atoms with van der Waals surface area (Å²) >= 11 is 0. The predicted molar refractivity (Wildman–Crippen MR) is 52.4 cm³/mol. The van der Waals surface area contributed by atoms with E-state index in [4.69, 9.17) is 5.11 Å². The number of halogens is 1. The third kappa shape index (κ3) is 1.36. The van der Waals surface area contributed by atoms with Crippen LogP contribution in [0.15, 0.2) is 12.1 Å². The van der Waals surface area contributed by atoms with E-state index < -0.39 is 11.8 Å². The molecule has 0 atom stereocenters. The van der Waals surface area contributed by atoms with Crippen molar-refractivity contribution in [1.29, 1.82) is 0 Å². The van der Waals surface area contributed by atoms with Crippen LogP contribution in [0.5, 0.6) is 0 Å². The van der Waals surface area contributed by atoms with Gasteiger partial charge in [-0.15, -0.1) is 0 Å². The molecule has 0 bridgehead atoms. The number of carboxylic acids is 1. The van der Waals surface area contributed by atoms with Gasteiger partial charge in [-0.2, -0.15) is 5.10 Å². The van der Waals surface area contributed by atoms with Crippen LogP contribution in [0.25, 0.3) is 10.9 Å². The molecule has 0 saturated carbocycles. The molecule has 0 fully saturated rings. The minimum atomic E-state index is -1.27. The van der Waals surface area contributed by atoms with Crippen molar-refractivity contribution in [3.05, 3.63) is 29.2 Å². The molecule has 0 aliphatic rings. The van der Waals surface area contributed by atoms with Gasteiger partial charge in [0.2, 0.25) is 0 Å². The molecule has 0 unspecified atom stereocenters. The van der Waals surface area contributed by atoms with Crippen LogP contribution in [-0.2, 0) is 7.05 Å². The minimum Gasteiger partial charge on any atom is -0.478 e. The SMILES string of the molecule is Cc1nn(C)c2cc(C(=O)O)c(F)cc12. The summed E-state index contributed by atoms with van der Waals surface area (Å²) in [4.78, 5) is 10.7. The zero-order valence-corrected chi connectivity index (χ0v) is 8.28. The van der Waals surface area contributed by atoms with E-state index in [0.29, 0.717) is 16.6 Å². The first-order chi connectivity index (χ1) is 7.00. The Morgan fingerprint density at radius 3 is 2.80 bits per heavy atom. The molecule has 0 spiro atoms. The monoisotopic (exact) mass is 208 g/mol. The lowest BCUT2D eigenvalue weighted by atomic mass is 10.1. The maximum Gasteiger partial charge on any atom is 0.338 e. The Hall–Kier alpha value is -1.91. The van der Waals surface area contributed by atoms with Gasteiger partial charge in [0.15, 0.2) is 0 Å². The summed E-state index contributed by atoms with van der Waals surface area (Å²) in [6.45, 7) is 1.75. The fourth-order valence-corrected chi connectivity index (χ4v) is 1.62. The molecule has 0 saturated heterocycles. The number of nitrogens with zero attached hydrogens (tertiary/aromatic N) is 2. The summed E-state index contributed by atoms with van der Waals surface area (Å²) < 4.78 is 14.9. The van der Waals surface area contributed by atoms with Crippen LogP contribution in [0.4, 0.5) is 4.39 Å². The van der Waals surface area contributed by atoms with Gasteiger partial charge in [-0.3, -0.25) is 4.68 Å². The molecular weight excluding hydrogens is 199 g/mol. The Morgan fingerprint density at radius 1 is 1.53 bits per heavy atom. The van der Waals surface area contributed by atoms with E-state index in [9.17, 15) is 9.18 Å². The molecule has 78 valence electrons. The topological polar surface area (TPSA) is 55.1 Å². The third-order valence-corrected chi connectivity index (χ3v) is 2.35. The van der Waals surface area contributed by atoms with Crippen molar-refractivity contribution in [2.24, 2.45) is 7.05 Å². The smallest absolute Gasteiger partial charge is 0.338 e. The van der Waals surface area contributed by atoms with Crippen molar-refractivity contribution in [2.45, 2.75) is 6.92 Å². The third-order valence-electron chi connectivity index (χ3n) is 2.35. The molecule has 0 radical (unpaired) electrons. The molecule has 0 aliphatic heterocycles. The van der Waals surface area contributed by atoms with Gasteiger partial charge in [0.1, 0.15) is 5.82 Å². The first-order valence-corrected chi connectivity index (χ1v) is 4.37. The average molecular weight is 208 g/mol. The van der Waals surface area contributed by atoms with Gasteiger partial charge in [-0.05, 0) is 19.1 Å². The molecule has 0 amide bonds. The van der Waals surface area contributed by atoms with Gasteiger partial charge in [-0.25, -0.2) is 9.18 Å². The van der Waals surface area contributed by atoms with E-state index in [0.717, 1.165) is 0 Å². The molecule has 5 heteroatoms. The fraction of sp³-hybridized carbons (Fsp3) is 0.200. The highest BCUT2D eigenvalue weighted by Gasteiger charge is 2.14. The number of carbonyl (C=O) groups is 1. The average Bonchev–Trinajstić information content (AvgIpc) is 2.41. The van der Waals surface area contributed by atoms with Gasteiger partial charge < -0.3 is 5.11 Å². The first kappa shape index (κ1) is 9.64. The molecule has 2 aromatic rings. The fourth-order valence-electron chi connectivity index (χ4n) is 1.62. The van der Waals surface area contributed by atoms with E-state index in [2.05, 4.69) is 5.10 Å². The van der Waals surface area contributed by atoms with Crippen LogP contribution in [-0.4, -0.2) is 20.9 Å². The zero-order chi connectivity index (χ0) is 11.2. The van der Waals surface area contributed by atoms with Crippen LogP contribution < -0.4 is 0 Å². The molecule has 1 aromatic heterocycles. The van der Waals surface area contributed by atoms with Crippen molar-refractivity contribution >= 4 is 16.9 Å². The van der Waals surface area contributed by atoms with E-state index in [-0.39, 0.29) is 5.56 Å². The predicted octanol–water partition coefficient (Wildman–Crippen LogP) is 1.72. The number of carboxylic acid groups (broad SMARTS) is 1. The van der Waals surface area contributed by atoms with Crippen molar-refractivity contribution in [2.75, 3.05) is 0 Å². The zero-order valence-electron chi connectivity index (χ0n) is 8.28.